The largest absolute Gasteiger partial charge is 0.409 e. The van der Waals surface area contributed by atoms with Crippen LogP contribution < -0.4 is 11.1 Å². The van der Waals surface area contributed by atoms with Crippen LogP contribution in [0.4, 0.5) is 4.39 Å². The fourth-order valence-corrected chi connectivity index (χ4v) is 1.85. The minimum atomic E-state index is -0.894. The summed E-state index contributed by atoms with van der Waals surface area (Å²) >= 11 is 0. The van der Waals surface area contributed by atoms with Crippen LogP contribution in [0.2, 0.25) is 0 Å². The van der Waals surface area contributed by atoms with Gasteiger partial charge in [-0.15, -0.1) is 0 Å². The van der Waals surface area contributed by atoms with Crippen LogP contribution in [0.25, 0.3) is 0 Å². The van der Waals surface area contributed by atoms with E-state index in [2.05, 4.69) is 10.5 Å². The highest BCUT2D eigenvalue weighted by Gasteiger charge is 2.07. The molecule has 0 bridgehead atoms. The molecule has 0 spiro atoms. The molecule has 1 aromatic carbocycles. The maximum Gasteiger partial charge on any atom is 0.170 e. The Balaban J connectivity index is 2.69. The molecule has 0 saturated heterocycles. The normalized spacial score (nSPS) is 15.2. The van der Waals surface area contributed by atoms with Crippen LogP contribution in [0.1, 0.15) is 18.1 Å². The lowest BCUT2D eigenvalue weighted by atomic mass is 10.1. The van der Waals surface area contributed by atoms with Crippen molar-refractivity contribution >= 4 is 16.6 Å². The fourth-order valence-electron chi connectivity index (χ4n) is 1.50. The van der Waals surface area contributed by atoms with Gasteiger partial charge in [0.05, 0.1) is 0 Å². The predicted octanol–water partition coefficient (Wildman–Crippen LogP) is 0.777. The van der Waals surface area contributed by atoms with Crippen LogP contribution in [-0.4, -0.2) is 33.3 Å². The summed E-state index contributed by atoms with van der Waals surface area (Å²) in [5.41, 5.74) is 6.42. The maximum absolute atomic E-state index is 13.4. The summed E-state index contributed by atoms with van der Waals surface area (Å²) in [6.45, 7) is 2.86. The van der Waals surface area contributed by atoms with E-state index in [1.54, 1.807) is 12.3 Å². The van der Waals surface area contributed by atoms with Crippen LogP contribution in [0.15, 0.2) is 23.4 Å². The molecule has 2 atom stereocenters. The molecule has 106 valence electrons. The van der Waals surface area contributed by atoms with Gasteiger partial charge in [0, 0.05) is 41.0 Å². The van der Waals surface area contributed by atoms with Crippen molar-refractivity contribution in [1.29, 1.82) is 0 Å². The number of halogens is 1. The van der Waals surface area contributed by atoms with E-state index in [0.717, 1.165) is 0 Å². The molecule has 0 aromatic heterocycles. The molecule has 19 heavy (non-hydrogen) atoms. The molecule has 0 amide bonds. The van der Waals surface area contributed by atoms with Crippen LogP contribution >= 0.6 is 0 Å². The van der Waals surface area contributed by atoms with Crippen molar-refractivity contribution in [3.05, 3.63) is 35.1 Å². The van der Waals surface area contributed by atoms with Gasteiger partial charge >= 0.3 is 0 Å². The lowest BCUT2D eigenvalue weighted by Gasteiger charge is -2.10. The fraction of sp³-hybridized carbons (Fsp3) is 0.417. The van der Waals surface area contributed by atoms with E-state index in [-0.39, 0.29) is 11.1 Å². The van der Waals surface area contributed by atoms with Gasteiger partial charge in [0.2, 0.25) is 0 Å². The van der Waals surface area contributed by atoms with E-state index in [9.17, 15) is 8.60 Å². The summed E-state index contributed by atoms with van der Waals surface area (Å²) in [5, 5.41) is 14.5. The summed E-state index contributed by atoms with van der Waals surface area (Å²) in [5.74, 6) is -0.586. The van der Waals surface area contributed by atoms with E-state index < -0.39 is 16.6 Å². The summed E-state index contributed by atoms with van der Waals surface area (Å²) in [6, 6.07) is 4.20. The number of rotatable bonds is 6. The third-order valence-corrected chi connectivity index (χ3v) is 3.99. The van der Waals surface area contributed by atoms with Gasteiger partial charge in [-0.1, -0.05) is 5.16 Å². The Morgan fingerprint density at radius 1 is 1.58 bits per heavy atom. The van der Waals surface area contributed by atoms with Gasteiger partial charge in [-0.25, -0.2) is 4.39 Å². The lowest BCUT2D eigenvalue weighted by Crippen LogP contribution is -2.27. The first kappa shape index (κ1) is 15.6. The molecule has 0 aliphatic carbocycles. The zero-order valence-corrected chi connectivity index (χ0v) is 11.7. The molecule has 5 nitrogen and oxygen atoms in total. The summed E-state index contributed by atoms with van der Waals surface area (Å²) < 4.78 is 24.5. The molecular formula is C12H18FN3O2S. The molecular weight excluding hydrogens is 269 g/mol. The van der Waals surface area contributed by atoms with Crippen molar-refractivity contribution in [3.8, 4) is 0 Å². The average molecular weight is 287 g/mol. The number of nitrogens with one attached hydrogen (secondary N) is 1. The second kappa shape index (κ2) is 7.20. The number of amidine groups is 1. The van der Waals surface area contributed by atoms with Gasteiger partial charge in [-0.3, -0.25) is 4.21 Å². The van der Waals surface area contributed by atoms with Crippen molar-refractivity contribution in [2.75, 3.05) is 12.8 Å². The topological polar surface area (TPSA) is 87.7 Å². The zero-order valence-electron chi connectivity index (χ0n) is 10.9. The summed E-state index contributed by atoms with van der Waals surface area (Å²) in [6.07, 6.45) is 1.64. The van der Waals surface area contributed by atoms with Gasteiger partial charge in [-0.2, -0.15) is 0 Å². The van der Waals surface area contributed by atoms with E-state index >= 15 is 0 Å². The Kier molecular flexibility index (Phi) is 5.91. The van der Waals surface area contributed by atoms with Gasteiger partial charge in [0.1, 0.15) is 5.82 Å². The summed E-state index contributed by atoms with van der Waals surface area (Å²) in [4.78, 5) is 0. The molecule has 1 aromatic rings. The highest BCUT2D eigenvalue weighted by molar-refractivity contribution is 7.84. The number of nitrogens with two attached hydrogens (primary N) is 1. The summed E-state index contributed by atoms with van der Waals surface area (Å²) in [7, 11) is -0.894. The number of hydrogen-bond donors (Lipinski definition) is 3. The number of nitrogens with zero attached hydrogens (tertiary/aromatic N) is 1. The van der Waals surface area contributed by atoms with Gasteiger partial charge in [0.25, 0.3) is 0 Å². The standard InChI is InChI=1S/C12H18FN3O2S/c1-8(19(2)18)6-15-7-9-3-10(12(14)16-17)5-11(13)4-9/h3-5,8,15,17H,6-7H2,1-2H3,(H2,14,16). The highest BCUT2D eigenvalue weighted by atomic mass is 32.2. The second-order valence-electron chi connectivity index (χ2n) is 4.27. The van der Waals surface area contributed by atoms with Gasteiger partial charge in [-0.05, 0) is 30.7 Å². The number of benzene rings is 1. The maximum atomic E-state index is 13.4. The number of hydrogen-bond acceptors (Lipinski definition) is 4. The van der Waals surface area contributed by atoms with E-state index in [4.69, 9.17) is 10.9 Å². The highest BCUT2D eigenvalue weighted by Crippen LogP contribution is 2.09. The second-order valence-corrected chi connectivity index (χ2v) is 6.08. The SMILES string of the molecule is CC(CNCc1cc(F)cc(/C(N)=N/O)c1)S(C)=O. The lowest BCUT2D eigenvalue weighted by molar-refractivity contribution is 0.318. The Labute approximate surface area is 114 Å². The monoisotopic (exact) mass is 287 g/mol. The van der Waals surface area contributed by atoms with Crippen molar-refractivity contribution < 1.29 is 13.8 Å². The first-order chi connectivity index (χ1) is 8.93. The number of oxime groups is 1. The smallest absolute Gasteiger partial charge is 0.170 e. The molecule has 7 heteroatoms. The predicted molar refractivity (Wildman–Crippen MR) is 74.1 cm³/mol. The Bertz CT molecular complexity index is 494. The average Bonchev–Trinajstić information content (AvgIpc) is 2.36. The van der Waals surface area contributed by atoms with Crippen molar-refractivity contribution in [2.24, 2.45) is 10.9 Å². The van der Waals surface area contributed by atoms with Crippen LogP contribution in [0, 0.1) is 5.82 Å². The molecule has 0 aliphatic heterocycles. The minimum absolute atomic E-state index is 0.0251. The Hall–Kier alpha value is -1.47. The molecule has 4 N–H and O–H groups in total. The molecule has 0 fully saturated rings. The molecule has 1 rings (SSSR count). The zero-order chi connectivity index (χ0) is 14.4. The first-order valence-corrected chi connectivity index (χ1v) is 7.36. The van der Waals surface area contributed by atoms with Gasteiger partial charge < -0.3 is 16.3 Å². The third kappa shape index (κ3) is 4.96. The minimum Gasteiger partial charge on any atom is -0.409 e. The molecule has 0 heterocycles. The molecule has 2 unspecified atom stereocenters. The van der Waals surface area contributed by atoms with Gasteiger partial charge in [0.15, 0.2) is 5.84 Å². The van der Waals surface area contributed by atoms with Crippen LogP contribution in [-0.2, 0) is 17.3 Å². The van der Waals surface area contributed by atoms with Crippen molar-refractivity contribution in [1.82, 2.24) is 5.32 Å². The van der Waals surface area contributed by atoms with E-state index in [0.29, 0.717) is 24.2 Å². The third-order valence-electron chi connectivity index (χ3n) is 2.69. The van der Waals surface area contributed by atoms with Crippen molar-refractivity contribution in [2.45, 2.75) is 18.7 Å². The first-order valence-electron chi connectivity index (χ1n) is 5.74. The van der Waals surface area contributed by atoms with Crippen LogP contribution in [0.3, 0.4) is 0 Å². The Morgan fingerprint density at radius 2 is 2.26 bits per heavy atom. The molecule has 0 radical (unpaired) electrons. The van der Waals surface area contributed by atoms with Crippen molar-refractivity contribution in [3.63, 3.8) is 0 Å². The molecule has 0 aliphatic rings. The Morgan fingerprint density at radius 3 is 2.84 bits per heavy atom. The van der Waals surface area contributed by atoms with E-state index in [1.807, 2.05) is 6.92 Å². The quantitative estimate of drug-likeness (QED) is 0.312. The van der Waals surface area contributed by atoms with Crippen LogP contribution in [0.5, 0.6) is 0 Å². The molecule has 0 saturated carbocycles. The van der Waals surface area contributed by atoms with E-state index in [1.165, 1.54) is 12.1 Å².